The highest BCUT2D eigenvalue weighted by Crippen LogP contribution is 2.29. The van der Waals surface area contributed by atoms with Gasteiger partial charge >= 0.3 is 5.97 Å². The molecule has 2 unspecified atom stereocenters. The van der Waals surface area contributed by atoms with Crippen molar-refractivity contribution in [2.75, 3.05) is 18.4 Å². The van der Waals surface area contributed by atoms with E-state index in [0.717, 1.165) is 18.7 Å². The van der Waals surface area contributed by atoms with Gasteiger partial charge < -0.3 is 10.4 Å². The van der Waals surface area contributed by atoms with Crippen LogP contribution in [-0.2, 0) is 0 Å². The minimum Gasteiger partial charge on any atom is -0.478 e. The van der Waals surface area contributed by atoms with Crippen LogP contribution in [0.15, 0.2) is 12.1 Å². The van der Waals surface area contributed by atoms with Crippen LogP contribution in [0, 0.1) is 6.92 Å². The first kappa shape index (κ1) is 13.4. The van der Waals surface area contributed by atoms with Crippen LogP contribution in [0.5, 0.6) is 0 Å². The number of rotatable bonds is 3. The van der Waals surface area contributed by atoms with Gasteiger partial charge in [0.1, 0.15) is 5.82 Å². The zero-order valence-electron chi connectivity index (χ0n) is 11.8. The highest BCUT2D eigenvalue weighted by molar-refractivity contribution is 5.88. The second-order valence-electron chi connectivity index (χ2n) is 5.83. The van der Waals surface area contributed by atoms with Crippen molar-refractivity contribution in [1.29, 1.82) is 0 Å². The first-order valence-corrected chi connectivity index (χ1v) is 7.36. The summed E-state index contributed by atoms with van der Waals surface area (Å²) in [6, 6.07) is 4.22. The second kappa shape index (κ2) is 5.40. The van der Waals surface area contributed by atoms with Crippen molar-refractivity contribution in [3.05, 3.63) is 23.4 Å². The van der Waals surface area contributed by atoms with Gasteiger partial charge in [-0.3, -0.25) is 4.90 Å². The lowest BCUT2D eigenvalue weighted by Gasteiger charge is -2.32. The van der Waals surface area contributed by atoms with Crippen LogP contribution in [0.2, 0.25) is 0 Å². The maximum absolute atomic E-state index is 11.1. The predicted molar refractivity (Wildman–Crippen MR) is 77.2 cm³/mol. The lowest BCUT2D eigenvalue weighted by molar-refractivity contribution is 0.0696. The molecule has 5 nitrogen and oxygen atoms in total. The summed E-state index contributed by atoms with van der Waals surface area (Å²) in [5.41, 5.74) is 1.05. The summed E-state index contributed by atoms with van der Waals surface area (Å²) >= 11 is 0. The van der Waals surface area contributed by atoms with E-state index in [1.807, 2.05) is 6.92 Å². The fraction of sp³-hybridized carbons (Fsp3) is 0.600. The Bertz CT molecular complexity index is 518. The minimum absolute atomic E-state index is 0.304. The number of aromatic nitrogens is 1. The van der Waals surface area contributed by atoms with Crippen LogP contribution in [0.4, 0.5) is 5.82 Å². The SMILES string of the molecule is Cc1cc(C(=O)O)cc(NC2CCN3CCCCC23)n1. The molecular formula is C15H21N3O2. The number of carboxylic acid groups (broad SMARTS) is 1. The van der Waals surface area contributed by atoms with Gasteiger partial charge in [-0.15, -0.1) is 0 Å². The maximum Gasteiger partial charge on any atom is 0.335 e. The molecule has 0 aliphatic carbocycles. The summed E-state index contributed by atoms with van der Waals surface area (Å²) in [6.07, 6.45) is 4.94. The van der Waals surface area contributed by atoms with E-state index in [1.165, 1.54) is 25.8 Å². The van der Waals surface area contributed by atoms with Crippen molar-refractivity contribution in [2.24, 2.45) is 0 Å². The van der Waals surface area contributed by atoms with Gasteiger partial charge in [0.05, 0.1) is 5.56 Å². The van der Waals surface area contributed by atoms with Gasteiger partial charge in [-0.25, -0.2) is 9.78 Å². The number of fused-ring (bicyclic) bond motifs is 1. The van der Waals surface area contributed by atoms with Gasteiger partial charge in [0.15, 0.2) is 0 Å². The van der Waals surface area contributed by atoms with Gasteiger partial charge in [0, 0.05) is 24.3 Å². The number of pyridine rings is 1. The average molecular weight is 275 g/mol. The molecule has 108 valence electrons. The van der Waals surface area contributed by atoms with E-state index in [9.17, 15) is 4.79 Å². The molecule has 20 heavy (non-hydrogen) atoms. The molecule has 2 aliphatic rings. The summed E-state index contributed by atoms with van der Waals surface area (Å²) in [5.74, 6) is -0.205. The Balaban J connectivity index is 1.76. The van der Waals surface area contributed by atoms with Crippen LogP contribution in [0.25, 0.3) is 0 Å². The summed E-state index contributed by atoms with van der Waals surface area (Å²) in [4.78, 5) is 18.1. The minimum atomic E-state index is -0.899. The molecule has 5 heteroatoms. The fourth-order valence-electron chi connectivity index (χ4n) is 3.47. The summed E-state index contributed by atoms with van der Waals surface area (Å²) in [6.45, 7) is 4.17. The van der Waals surface area contributed by atoms with E-state index in [0.29, 0.717) is 23.5 Å². The van der Waals surface area contributed by atoms with Gasteiger partial charge in [0.25, 0.3) is 0 Å². The molecule has 3 rings (SSSR count). The maximum atomic E-state index is 11.1. The summed E-state index contributed by atoms with van der Waals surface area (Å²) in [5, 5.41) is 12.6. The third-order valence-electron chi connectivity index (χ3n) is 4.39. The number of carboxylic acids is 1. The van der Waals surface area contributed by atoms with Gasteiger partial charge in [-0.1, -0.05) is 6.42 Å². The molecule has 0 bridgehead atoms. The Morgan fingerprint density at radius 3 is 3.00 bits per heavy atom. The number of nitrogens with zero attached hydrogens (tertiary/aromatic N) is 2. The molecule has 2 saturated heterocycles. The lowest BCUT2D eigenvalue weighted by atomic mass is 9.99. The molecule has 1 aromatic heterocycles. The Kier molecular flexibility index (Phi) is 3.61. The molecule has 0 aromatic carbocycles. The first-order chi connectivity index (χ1) is 9.63. The van der Waals surface area contributed by atoms with E-state index in [-0.39, 0.29) is 0 Å². The molecule has 0 spiro atoms. The Morgan fingerprint density at radius 1 is 1.35 bits per heavy atom. The van der Waals surface area contributed by atoms with Crippen LogP contribution in [-0.4, -0.2) is 46.1 Å². The largest absolute Gasteiger partial charge is 0.478 e. The van der Waals surface area contributed by atoms with Crippen LogP contribution in [0.1, 0.15) is 41.7 Å². The van der Waals surface area contributed by atoms with Crippen LogP contribution in [0.3, 0.4) is 0 Å². The van der Waals surface area contributed by atoms with E-state index in [1.54, 1.807) is 12.1 Å². The second-order valence-corrected chi connectivity index (χ2v) is 5.83. The Morgan fingerprint density at radius 2 is 2.20 bits per heavy atom. The lowest BCUT2D eigenvalue weighted by Crippen LogP contribution is -2.41. The number of nitrogens with one attached hydrogen (secondary N) is 1. The highest BCUT2D eigenvalue weighted by Gasteiger charge is 2.35. The van der Waals surface area contributed by atoms with Crippen molar-refractivity contribution in [2.45, 2.75) is 44.7 Å². The van der Waals surface area contributed by atoms with Crippen LogP contribution >= 0.6 is 0 Å². The quantitative estimate of drug-likeness (QED) is 0.884. The van der Waals surface area contributed by atoms with Crippen molar-refractivity contribution < 1.29 is 9.90 Å². The number of hydrogen-bond donors (Lipinski definition) is 2. The molecular weight excluding hydrogens is 254 g/mol. The van der Waals surface area contributed by atoms with Crippen molar-refractivity contribution >= 4 is 11.8 Å². The molecule has 0 radical (unpaired) electrons. The molecule has 3 heterocycles. The molecule has 2 aliphatic heterocycles. The summed E-state index contributed by atoms with van der Waals surface area (Å²) < 4.78 is 0. The van der Waals surface area contributed by atoms with Crippen molar-refractivity contribution in [1.82, 2.24) is 9.88 Å². The number of anilines is 1. The normalized spacial score (nSPS) is 26.2. The van der Waals surface area contributed by atoms with Gasteiger partial charge in [0.2, 0.25) is 0 Å². The molecule has 2 fully saturated rings. The number of piperidine rings is 1. The molecule has 2 atom stereocenters. The standard InChI is InChI=1S/C15H21N3O2/c1-10-8-11(15(19)20)9-14(16-10)17-12-5-7-18-6-3-2-4-13(12)18/h8-9,12-13H,2-7H2,1H3,(H,16,17)(H,19,20). The highest BCUT2D eigenvalue weighted by atomic mass is 16.4. The van der Waals surface area contributed by atoms with Gasteiger partial charge in [-0.05, 0) is 44.9 Å². The van der Waals surface area contributed by atoms with Gasteiger partial charge in [-0.2, -0.15) is 0 Å². The third-order valence-corrected chi connectivity index (χ3v) is 4.39. The fourth-order valence-corrected chi connectivity index (χ4v) is 3.47. The average Bonchev–Trinajstić information content (AvgIpc) is 2.82. The van der Waals surface area contributed by atoms with Crippen LogP contribution < -0.4 is 5.32 Å². The molecule has 0 amide bonds. The number of aromatic carboxylic acids is 1. The first-order valence-electron chi connectivity index (χ1n) is 7.36. The molecule has 2 N–H and O–H groups in total. The predicted octanol–water partition coefficient (Wildman–Crippen LogP) is 2.13. The monoisotopic (exact) mass is 275 g/mol. The number of hydrogen-bond acceptors (Lipinski definition) is 4. The molecule has 0 saturated carbocycles. The Hall–Kier alpha value is -1.62. The smallest absolute Gasteiger partial charge is 0.335 e. The van der Waals surface area contributed by atoms with E-state index < -0.39 is 5.97 Å². The zero-order valence-corrected chi connectivity index (χ0v) is 11.8. The van der Waals surface area contributed by atoms with E-state index in [2.05, 4.69) is 15.2 Å². The topological polar surface area (TPSA) is 65.5 Å². The zero-order chi connectivity index (χ0) is 14.1. The van der Waals surface area contributed by atoms with E-state index >= 15 is 0 Å². The summed E-state index contributed by atoms with van der Waals surface area (Å²) in [7, 11) is 0. The van der Waals surface area contributed by atoms with Crippen molar-refractivity contribution in [3.63, 3.8) is 0 Å². The molecule has 1 aromatic rings. The Labute approximate surface area is 119 Å². The third kappa shape index (κ3) is 2.63. The van der Waals surface area contributed by atoms with Crippen molar-refractivity contribution in [3.8, 4) is 0 Å². The number of carbonyl (C=O) groups is 1. The number of aryl methyl sites for hydroxylation is 1. The van der Waals surface area contributed by atoms with E-state index in [4.69, 9.17) is 5.11 Å².